The van der Waals surface area contributed by atoms with E-state index < -0.39 is 66.2 Å². The number of carbonyl (C=O) groups excluding carboxylic acids is 3. The van der Waals surface area contributed by atoms with Crippen LogP contribution in [0.4, 0.5) is 0 Å². The van der Waals surface area contributed by atoms with E-state index >= 15 is 0 Å². The van der Waals surface area contributed by atoms with Gasteiger partial charge in [-0.2, -0.15) is 12.6 Å². The van der Waals surface area contributed by atoms with Crippen LogP contribution in [0.25, 0.3) is 0 Å². The number of rotatable bonds is 14. The minimum atomic E-state index is -1.66. The first-order chi connectivity index (χ1) is 16.0. The molecule has 7 N–H and O–H groups in total. The molecule has 0 aliphatic rings. The molecule has 5 atom stereocenters. The lowest BCUT2D eigenvalue weighted by atomic mass is 9.97. The van der Waals surface area contributed by atoms with Crippen LogP contribution in [-0.4, -0.2) is 69.8 Å². The molecule has 1 aromatic rings. The minimum Gasteiger partial charge on any atom is -0.481 e. The molecule has 0 radical (unpaired) electrons. The van der Waals surface area contributed by atoms with Crippen LogP contribution in [-0.2, 0) is 30.4 Å². The molecule has 0 heterocycles. The number of hydrogen-bond acceptors (Lipinski definition) is 7. The highest BCUT2D eigenvalue weighted by Gasteiger charge is 2.33. The largest absolute Gasteiger partial charge is 0.481 e. The number of nitrogens with one attached hydrogen (secondary N) is 3. The first kappa shape index (κ1) is 28.9. The van der Waals surface area contributed by atoms with Crippen LogP contribution in [0, 0.1) is 5.92 Å². The van der Waals surface area contributed by atoms with Gasteiger partial charge in [0.2, 0.25) is 17.7 Å². The predicted octanol–water partition coefficient (Wildman–Crippen LogP) is -0.454. The number of carbonyl (C=O) groups is 5. The SMILES string of the molecule is CCC(C)C(NC(=O)C(CS)NC(=O)C(N)Cc1ccccc1)C(=O)NC(CC(=O)O)C(=O)O. The van der Waals surface area contributed by atoms with Crippen molar-refractivity contribution in [3.05, 3.63) is 35.9 Å². The van der Waals surface area contributed by atoms with Crippen molar-refractivity contribution in [3.8, 4) is 0 Å². The highest BCUT2D eigenvalue weighted by Crippen LogP contribution is 2.10. The van der Waals surface area contributed by atoms with Crippen molar-refractivity contribution in [1.29, 1.82) is 0 Å². The first-order valence-electron chi connectivity index (χ1n) is 10.8. The maximum Gasteiger partial charge on any atom is 0.326 e. The Kier molecular flexibility index (Phi) is 12.1. The van der Waals surface area contributed by atoms with E-state index in [9.17, 15) is 29.1 Å². The number of nitrogens with two attached hydrogens (primary N) is 1. The molecule has 3 amide bonds. The van der Waals surface area contributed by atoms with Gasteiger partial charge < -0.3 is 31.9 Å². The van der Waals surface area contributed by atoms with E-state index in [4.69, 9.17) is 10.8 Å². The quantitative estimate of drug-likeness (QED) is 0.169. The summed E-state index contributed by atoms with van der Waals surface area (Å²) in [6.07, 6.45) is -0.114. The summed E-state index contributed by atoms with van der Waals surface area (Å²) in [6.45, 7) is 3.44. The Bertz CT molecular complexity index is 868. The van der Waals surface area contributed by atoms with Gasteiger partial charge in [-0.05, 0) is 17.9 Å². The molecule has 1 rings (SSSR count). The fourth-order valence-corrected chi connectivity index (χ4v) is 3.28. The van der Waals surface area contributed by atoms with Gasteiger partial charge in [-0.15, -0.1) is 0 Å². The molecule has 0 saturated carbocycles. The molecule has 5 unspecified atom stereocenters. The topological polar surface area (TPSA) is 188 Å². The monoisotopic (exact) mass is 496 g/mol. The number of thiol groups is 1. The summed E-state index contributed by atoms with van der Waals surface area (Å²) in [5.74, 6) is -5.54. The van der Waals surface area contributed by atoms with Crippen molar-refractivity contribution in [2.24, 2.45) is 11.7 Å². The number of benzene rings is 1. The Labute approximate surface area is 203 Å². The first-order valence-corrected chi connectivity index (χ1v) is 11.4. The molecule has 0 bridgehead atoms. The number of hydrogen-bond donors (Lipinski definition) is 7. The summed E-state index contributed by atoms with van der Waals surface area (Å²) in [7, 11) is 0. The van der Waals surface area contributed by atoms with E-state index in [1.54, 1.807) is 13.8 Å². The summed E-state index contributed by atoms with van der Waals surface area (Å²) in [4.78, 5) is 60.2. The van der Waals surface area contributed by atoms with Crippen LogP contribution in [0.15, 0.2) is 30.3 Å². The predicted molar refractivity (Wildman–Crippen MR) is 127 cm³/mol. The Hall–Kier alpha value is -3.12. The number of carboxylic acids is 2. The molecule has 0 saturated heterocycles. The molecule has 0 spiro atoms. The molecule has 0 fully saturated rings. The third-order valence-electron chi connectivity index (χ3n) is 5.24. The van der Waals surface area contributed by atoms with Gasteiger partial charge >= 0.3 is 11.9 Å². The standard InChI is InChI=1S/C22H32N4O7S/c1-3-12(2)18(21(31)24-15(22(32)33)10-17(27)28)26-20(30)16(11-34)25-19(29)14(23)9-13-7-5-4-6-8-13/h4-8,12,14-16,18,34H,3,9-11,23H2,1-2H3,(H,24,31)(H,25,29)(H,26,30)(H,27,28)(H,32,33). The molecular formula is C22H32N4O7S. The van der Waals surface area contributed by atoms with Crippen molar-refractivity contribution in [1.82, 2.24) is 16.0 Å². The third-order valence-corrected chi connectivity index (χ3v) is 5.60. The van der Waals surface area contributed by atoms with Crippen molar-refractivity contribution >= 4 is 42.3 Å². The van der Waals surface area contributed by atoms with Gasteiger partial charge in [0.05, 0.1) is 12.5 Å². The van der Waals surface area contributed by atoms with Gasteiger partial charge in [-0.1, -0.05) is 50.6 Å². The lowest BCUT2D eigenvalue weighted by molar-refractivity contribution is -0.147. The van der Waals surface area contributed by atoms with Crippen LogP contribution in [0.1, 0.15) is 32.3 Å². The molecule has 11 nitrogen and oxygen atoms in total. The third kappa shape index (κ3) is 9.40. The maximum absolute atomic E-state index is 12.8. The smallest absolute Gasteiger partial charge is 0.326 e. The Morgan fingerprint density at radius 3 is 2.03 bits per heavy atom. The van der Waals surface area contributed by atoms with Gasteiger partial charge in [-0.3, -0.25) is 19.2 Å². The number of amides is 3. The Balaban J connectivity index is 2.86. The summed E-state index contributed by atoms with van der Waals surface area (Å²) in [5.41, 5.74) is 6.81. The van der Waals surface area contributed by atoms with E-state index in [1.807, 2.05) is 30.3 Å². The fraction of sp³-hybridized carbons (Fsp3) is 0.500. The van der Waals surface area contributed by atoms with Gasteiger partial charge in [0, 0.05) is 5.75 Å². The molecular weight excluding hydrogens is 464 g/mol. The average molecular weight is 497 g/mol. The van der Waals surface area contributed by atoms with Gasteiger partial charge in [0.1, 0.15) is 18.1 Å². The van der Waals surface area contributed by atoms with Crippen LogP contribution in [0.5, 0.6) is 0 Å². The highest BCUT2D eigenvalue weighted by molar-refractivity contribution is 7.80. The van der Waals surface area contributed by atoms with Crippen molar-refractivity contribution in [3.63, 3.8) is 0 Å². The number of aliphatic carboxylic acids is 2. The molecule has 0 aliphatic carbocycles. The molecule has 34 heavy (non-hydrogen) atoms. The van der Waals surface area contributed by atoms with E-state index in [1.165, 1.54) is 0 Å². The van der Waals surface area contributed by atoms with Gasteiger partial charge in [-0.25, -0.2) is 4.79 Å². The summed E-state index contributed by atoms with van der Waals surface area (Å²) in [6, 6.07) is 4.26. The molecule has 1 aromatic carbocycles. The summed E-state index contributed by atoms with van der Waals surface area (Å²) < 4.78 is 0. The molecule has 188 valence electrons. The Morgan fingerprint density at radius 2 is 1.53 bits per heavy atom. The van der Waals surface area contributed by atoms with Crippen molar-refractivity contribution in [2.45, 2.75) is 57.3 Å². The lowest BCUT2D eigenvalue weighted by Gasteiger charge is -2.27. The van der Waals surface area contributed by atoms with Crippen molar-refractivity contribution in [2.75, 3.05) is 5.75 Å². The second kappa shape index (κ2) is 14.2. The normalized spacial score (nSPS) is 15.2. The van der Waals surface area contributed by atoms with Gasteiger partial charge in [0.25, 0.3) is 0 Å². The average Bonchev–Trinajstić information content (AvgIpc) is 2.79. The maximum atomic E-state index is 12.8. The lowest BCUT2D eigenvalue weighted by Crippen LogP contribution is -2.59. The zero-order valence-electron chi connectivity index (χ0n) is 19.1. The minimum absolute atomic E-state index is 0.0821. The van der Waals surface area contributed by atoms with Crippen LogP contribution in [0.3, 0.4) is 0 Å². The fourth-order valence-electron chi connectivity index (χ4n) is 3.03. The van der Waals surface area contributed by atoms with E-state index in [0.29, 0.717) is 6.42 Å². The molecule has 0 aliphatic heterocycles. The zero-order chi connectivity index (χ0) is 25.8. The zero-order valence-corrected chi connectivity index (χ0v) is 20.0. The second-order valence-electron chi connectivity index (χ2n) is 7.91. The Morgan fingerprint density at radius 1 is 0.941 bits per heavy atom. The van der Waals surface area contributed by atoms with Gasteiger partial charge in [0.15, 0.2) is 0 Å². The van der Waals surface area contributed by atoms with Crippen LogP contribution < -0.4 is 21.7 Å². The summed E-state index contributed by atoms with van der Waals surface area (Å²) >= 11 is 4.11. The van der Waals surface area contributed by atoms with E-state index in [-0.39, 0.29) is 12.2 Å². The van der Waals surface area contributed by atoms with Crippen molar-refractivity contribution < 1.29 is 34.2 Å². The molecule has 0 aromatic heterocycles. The second-order valence-corrected chi connectivity index (χ2v) is 8.27. The van der Waals surface area contributed by atoms with E-state index in [2.05, 4.69) is 28.6 Å². The van der Waals surface area contributed by atoms with Crippen LogP contribution in [0.2, 0.25) is 0 Å². The van der Waals surface area contributed by atoms with E-state index in [0.717, 1.165) is 5.56 Å². The molecule has 12 heteroatoms. The summed E-state index contributed by atoms with van der Waals surface area (Å²) in [5, 5.41) is 25.2. The van der Waals surface area contributed by atoms with Crippen LogP contribution >= 0.6 is 12.6 Å². The number of carboxylic acid groups (broad SMARTS) is 2. The highest BCUT2D eigenvalue weighted by atomic mass is 32.1.